The molecular formula is C9H20N2. The van der Waals surface area contributed by atoms with Crippen molar-refractivity contribution in [2.45, 2.75) is 39.2 Å². The molecule has 1 unspecified atom stereocenters. The van der Waals surface area contributed by atoms with Crippen LogP contribution in [0.25, 0.3) is 0 Å². The predicted molar refractivity (Wildman–Crippen MR) is 50.0 cm³/mol. The minimum Gasteiger partial charge on any atom is -0.271 e. The van der Waals surface area contributed by atoms with Gasteiger partial charge in [-0.3, -0.25) is 11.3 Å². The molecule has 0 aliphatic carbocycles. The van der Waals surface area contributed by atoms with Gasteiger partial charge in [0, 0.05) is 6.04 Å². The fourth-order valence-corrected chi connectivity index (χ4v) is 1.09. The zero-order valence-corrected chi connectivity index (χ0v) is 7.64. The third-order valence-corrected chi connectivity index (χ3v) is 1.94. The Morgan fingerprint density at radius 2 is 2.18 bits per heavy atom. The molecule has 0 spiro atoms. The average Bonchev–Trinajstić information content (AvgIpc) is 1.97. The van der Waals surface area contributed by atoms with Gasteiger partial charge >= 0.3 is 0 Å². The van der Waals surface area contributed by atoms with Crippen LogP contribution in [0.1, 0.15) is 33.1 Å². The van der Waals surface area contributed by atoms with Gasteiger partial charge in [0.25, 0.3) is 0 Å². The highest BCUT2D eigenvalue weighted by Gasteiger charge is 2.09. The summed E-state index contributed by atoms with van der Waals surface area (Å²) in [5.74, 6) is 6.00. The van der Waals surface area contributed by atoms with Gasteiger partial charge in [-0.2, -0.15) is 0 Å². The van der Waals surface area contributed by atoms with E-state index in [1.54, 1.807) is 0 Å². The number of nitrogens with one attached hydrogen (secondary N) is 1. The lowest BCUT2D eigenvalue weighted by Gasteiger charge is -2.18. The summed E-state index contributed by atoms with van der Waals surface area (Å²) in [6, 6.07) is 0.454. The Hall–Kier alpha value is -0.340. The van der Waals surface area contributed by atoms with Gasteiger partial charge in [-0.05, 0) is 25.2 Å². The molecule has 11 heavy (non-hydrogen) atoms. The lowest BCUT2D eigenvalue weighted by atomic mass is 9.99. The Bertz CT molecular complexity index is 99.7. The van der Waals surface area contributed by atoms with Gasteiger partial charge in [0.2, 0.25) is 0 Å². The van der Waals surface area contributed by atoms with E-state index in [0.717, 1.165) is 12.8 Å². The van der Waals surface area contributed by atoms with Crippen molar-refractivity contribution in [2.75, 3.05) is 0 Å². The molecule has 0 saturated heterocycles. The second kappa shape index (κ2) is 6.38. The lowest BCUT2D eigenvalue weighted by Crippen LogP contribution is -2.38. The molecule has 2 heteroatoms. The maximum absolute atomic E-state index is 5.38. The Balaban J connectivity index is 3.43. The van der Waals surface area contributed by atoms with E-state index in [-0.39, 0.29) is 0 Å². The molecule has 0 aliphatic heterocycles. The summed E-state index contributed by atoms with van der Waals surface area (Å²) in [6.45, 7) is 8.03. The van der Waals surface area contributed by atoms with E-state index in [4.69, 9.17) is 5.84 Å². The van der Waals surface area contributed by atoms with Crippen LogP contribution in [0.2, 0.25) is 0 Å². The van der Waals surface area contributed by atoms with Crippen molar-refractivity contribution in [3.05, 3.63) is 12.7 Å². The number of rotatable bonds is 6. The number of hydrazine groups is 1. The molecule has 0 aromatic rings. The molecule has 0 aromatic heterocycles. The normalized spacial score (nSPS) is 13.5. The van der Waals surface area contributed by atoms with Crippen molar-refractivity contribution < 1.29 is 0 Å². The molecule has 0 aromatic carbocycles. The first kappa shape index (κ1) is 10.7. The zero-order valence-electron chi connectivity index (χ0n) is 7.64. The Morgan fingerprint density at radius 1 is 1.55 bits per heavy atom. The highest BCUT2D eigenvalue weighted by Crippen LogP contribution is 2.08. The van der Waals surface area contributed by atoms with Gasteiger partial charge in [0.15, 0.2) is 0 Å². The van der Waals surface area contributed by atoms with Crippen LogP contribution >= 0.6 is 0 Å². The van der Waals surface area contributed by atoms with E-state index < -0.39 is 0 Å². The van der Waals surface area contributed by atoms with Gasteiger partial charge in [0.05, 0.1) is 0 Å². The van der Waals surface area contributed by atoms with Gasteiger partial charge in [-0.15, -0.1) is 6.58 Å². The Labute approximate surface area is 69.8 Å². The molecule has 2 nitrogen and oxygen atoms in total. The molecule has 0 aliphatic rings. The third-order valence-electron chi connectivity index (χ3n) is 1.94. The van der Waals surface area contributed by atoms with E-state index in [2.05, 4.69) is 25.9 Å². The first-order chi connectivity index (χ1) is 5.22. The summed E-state index contributed by atoms with van der Waals surface area (Å²) in [4.78, 5) is 0. The van der Waals surface area contributed by atoms with Crippen molar-refractivity contribution in [2.24, 2.45) is 11.8 Å². The number of allylic oxidation sites excluding steroid dienone is 1. The van der Waals surface area contributed by atoms with E-state index in [9.17, 15) is 0 Å². The molecule has 1 atom stereocenters. The highest BCUT2D eigenvalue weighted by molar-refractivity contribution is 4.71. The zero-order chi connectivity index (χ0) is 8.69. The van der Waals surface area contributed by atoms with Crippen LogP contribution in [0, 0.1) is 5.92 Å². The van der Waals surface area contributed by atoms with Crippen LogP contribution in [-0.2, 0) is 0 Å². The van der Waals surface area contributed by atoms with Gasteiger partial charge in [-0.25, -0.2) is 0 Å². The van der Waals surface area contributed by atoms with Crippen molar-refractivity contribution in [1.29, 1.82) is 0 Å². The summed E-state index contributed by atoms with van der Waals surface area (Å²) in [5, 5.41) is 0. The maximum Gasteiger partial charge on any atom is 0.0233 e. The van der Waals surface area contributed by atoms with Crippen LogP contribution in [-0.4, -0.2) is 6.04 Å². The first-order valence-corrected chi connectivity index (χ1v) is 4.29. The number of unbranched alkanes of at least 4 members (excludes halogenated alkanes) is 1. The molecule has 0 saturated carbocycles. The SMILES string of the molecule is C=CCCCC(NN)C(C)C. The van der Waals surface area contributed by atoms with Crippen molar-refractivity contribution in [3.63, 3.8) is 0 Å². The second-order valence-corrected chi connectivity index (χ2v) is 3.24. The summed E-state index contributed by atoms with van der Waals surface area (Å²) in [6.07, 6.45) is 5.36. The molecule has 3 N–H and O–H groups in total. The summed E-state index contributed by atoms with van der Waals surface area (Å²) < 4.78 is 0. The van der Waals surface area contributed by atoms with E-state index >= 15 is 0 Å². The van der Waals surface area contributed by atoms with Crippen molar-refractivity contribution >= 4 is 0 Å². The minimum absolute atomic E-state index is 0.454. The van der Waals surface area contributed by atoms with Gasteiger partial charge < -0.3 is 0 Å². The molecule has 0 heterocycles. The van der Waals surface area contributed by atoms with Crippen molar-refractivity contribution in [3.8, 4) is 0 Å². The first-order valence-electron chi connectivity index (χ1n) is 4.29. The van der Waals surface area contributed by atoms with Crippen LogP contribution in [0.15, 0.2) is 12.7 Å². The van der Waals surface area contributed by atoms with E-state index in [0.29, 0.717) is 12.0 Å². The molecule has 0 amide bonds. The molecule has 0 fully saturated rings. The Morgan fingerprint density at radius 3 is 2.55 bits per heavy atom. The number of nitrogens with two attached hydrogens (primary N) is 1. The second-order valence-electron chi connectivity index (χ2n) is 3.24. The summed E-state index contributed by atoms with van der Waals surface area (Å²) in [5.41, 5.74) is 2.83. The van der Waals surface area contributed by atoms with E-state index in [1.165, 1.54) is 6.42 Å². The molecule has 0 bridgehead atoms. The van der Waals surface area contributed by atoms with Gasteiger partial charge in [-0.1, -0.05) is 19.9 Å². The highest BCUT2D eigenvalue weighted by atomic mass is 15.2. The molecule has 0 rings (SSSR count). The van der Waals surface area contributed by atoms with Crippen molar-refractivity contribution in [1.82, 2.24) is 5.43 Å². The summed E-state index contributed by atoms with van der Waals surface area (Å²) >= 11 is 0. The predicted octanol–water partition coefficient (Wildman–Crippen LogP) is 1.83. The fourth-order valence-electron chi connectivity index (χ4n) is 1.09. The largest absolute Gasteiger partial charge is 0.271 e. The van der Waals surface area contributed by atoms with Gasteiger partial charge in [0.1, 0.15) is 0 Å². The smallest absolute Gasteiger partial charge is 0.0233 e. The van der Waals surface area contributed by atoms with Crippen LogP contribution < -0.4 is 11.3 Å². The monoisotopic (exact) mass is 156 g/mol. The average molecular weight is 156 g/mol. The maximum atomic E-state index is 5.38. The third kappa shape index (κ3) is 4.99. The summed E-state index contributed by atoms with van der Waals surface area (Å²) in [7, 11) is 0. The quantitative estimate of drug-likeness (QED) is 0.266. The minimum atomic E-state index is 0.454. The van der Waals surface area contributed by atoms with Crippen LogP contribution in [0.4, 0.5) is 0 Å². The standard InChI is InChI=1S/C9H20N2/c1-4-5-6-7-9(11-10)8(2)3/h4,8-9,11H,1,5-7,10H2,2-3H3. The van der Waals surface area contributed by atoms with Crippen LogP contribution in [0.5, 0.6) is 0 Å². The van der Waals surface area contributed by atoms with E-state index in [1.807, 2.05) is 6.08 Å². The number of hydrogen-bond donors (Lipinski definition) is 2. The van der Waals surface area contributed by atoms with Crippen LogP contribution in [0.3, 0.4) is 0 Å². The molecule has 0 radical (unpaired) electrons. The lowest BCUT2D eigenvalue weighted by molar-refractivity contribution is 0.377. The molecule has 66 valence electrons. The Kier molecular flexibility index (Phi) is 6.18. The topological polar surface area (TPSA) is 38.0 Å². The number of hydrogen-bond acceptors (Lipinski definition) is 2. The fraction of sp³-hybridized carbons (Fsp3) is 0.778. The molecular weight excluding hydrogens is 136 g/mol.